The Kier molecular flexibility index (Phi) is 3.25. The summed E-state index contributed by atoms with van der Waals surface area (Å²) in [4.78, 5) is 27.0. The zero-order valence-corrected chi connectivity index (χ0v) is 11.3. The quantitative estimate of drug-likeness (QED) is 0.817. The Morgan fingerprint density at radius 2 is 1.84 bits per heavy atom. The number of aliphatic carboxylic acids is 1. The van der Waals surface area contributed by atoms with Gasteiger partial charge < -0.3 is 10.0 Å². The van der Waals surface area contributed by atoms with E-state index < -0.39 is 5.97 Å². The van der Waals surface area contributed by atoms with Gasteiger partial charge in [-0.1, -0.05) is 6.42 Å². The molecule has 5 nitrogen and oxygen atoms in total. The van der Waals surface area contributed by atoms with E-state index in [1.54, 1.807) is 0 Å². The standard InChI is InChI=1S/C14H22N2O3/c17-12(18)2-5-15-6-8-16(9-7-15)13(19)11-10-14(11)3-1-4-14/h11H,1-10H2,(H,17,18)/t11-/m1/s1. The molecule has 2 saturated carbocycles. The van der Waals surface area contributed by atoms with Crippen molar-refractivity contribution < 1.29 is 14.7 Å². The minimum atomic E-state index is -0.747. The van der Waals surface area contributed by atoms with Gasteiger partial charge in [-0.15, -0.1) is 0 Å². The summed E-state index contributed by atoms with van der Waals surface area (Å²) < 4.78 is 0. The number of carboxylic acid groups (broad SMARTS) is 1. The predicted octanol–water partition coefficient (Wildman–Crippen LogP) is 0.795. The third-order valence-electron chi connectivity index (χ3n) is 5.16. The monoisotopic (exact) mass is 266 g/mol. The molecule has 1 heterocycles. The fraction of sp³-hybridized carbons (Fsp3) is 0.857. The lowest BCUT2D eigenvalue weighted by Crippen LogP contribution is -2.50. The maximum absolute atomic E-state index is 12.4. The molecule has 0 radical (unpaired) electrons. The molecule has 1 N–H and O–H groups in total. The molecule has 1 amide bonds. The highest BCUT2D eigenvalue weighted by Gasteiger charge is 2.61. The Labute approximate surface area is 113 Å². The van der Waals surface area contributed by atoms with Gasteiger partial charge in [-0.2, -0.15) is 0 Å². The van der Waals surface area contributed by atoms with E-state index in [-0.39, 0.29) is 6.42 Å². The fourth-order valence-electron chi connectivity index (χ4n) is 3.55. The summed E-state index contributed by atoms with van der Waals surface area (Å²) in [6, 6.07) is 0. The van der Waals surface area contributed by atoms with Crippen molar-refractivity contribution in [2.75, 3.05) is 32.7 Å². The Morgan fingerprint density at radius 1 is 1.16 bits per heavy atom. The number of carboxylic acids is 1. The first kappa shape index (κ1) is 12.9. The molecule has 19 heavy (non-hydrogen) atoms. The Morgan fingerprint density at radius 3 is 2.32 bits per heavy atom. The summed E-state index contributed by atoms with van der Waals surface area (Å²) in [5.41, 5.74) is 0.414. The number of carbonyl (C=O) groups excluding carboxylic acids is 1. The number of rotatable bonds is 4. The number of hydrogen-bond donors (Lipinski definition) is 1. The average molecular weight is 266 g/mol. The van der Waals surface area contributed by atoms with Crippen LogP contribution in [0.15, 0.2) is 0 Å². The molecule has 3 aliphatic rings. The zero-order chi connectivity index (χ0) is 13.5. The molecule has 3 fully saturated rings. The van der Waals surface area contributed by atoms with E-state index in [4.69, 9.17) is 5.11 Å². The molecule has 2 aliphatic carbocycles. The maximum atomic E-state index is 12.4. The molecule has 3 rings (SSSR count). The third kappa shape index (κ3) is 2.48. The van der Waals surface area contributed by atoms with E-state index in [0.717, 1.165) is 32.6 Å². The van der Waals surface area contributed by atoms with Crippen LogP contribution >= 0.6 is 0 Å². The van der Waals surface area contributed by atoms with Crippen molar-refractivity contribution in [3.8, 4) is 0 Å². The van der Waals surface area contributed by atoms with Gasteiger partial charge in [0.1, 0.15) is 0 Å². The van der Waals surface area contributed by atoms with Crippen LogP contribution in [0.3, 0.4) is 0 Å². The smallest absolute Gasteiger partial charge is 0.304 e. The van der Waals surface area contributed by atoms with Crippen molar-refractivity contribution in [2.24, 2.45) is 11.3 Å². The van der Waals surface area contributed by atoms with E-state index in [1.165, 1.54) is 19.3 Å². The van der Waals surface area contributed by atoms with Crippen LogP contribution in [0.2, 0.25) is 0 Å². The second-order valence-electron chi connectivity index (χ2n) is 6.28. The maximum Gasteiger partial charge on any atom is 0.304 e. The average Bonchev–Trinajstić information content (AvgIpc) is 3.12. The molecule has 0 aromatic rings. The molecule has 0 bridgehead atoms. The number of piperazine rings is 1. The molecule has 0 aromatic carbocycles. The number of carbonyl (C=O) groups is 2. The first-order valence-electron chi connectivity index (χ1n) is 7.34. The van der Waals surface area contributed by atoms with E-state index >= 15 is 0 Å². The van der Waals surface area contributed by atoms with Crippen LogP contribution in [-0.4, -0.2) is 59.5 Å². The van der Waals surface area contributed by atoms with Crippen LogP contribution in [0.25, 0.3) is 0 Å². The van der Waals surface area contributed by atoms with Crippen LogP contribution in [-0.2, 0) is 9.59 Å². The molecule has 106 valence electrons. The predicted molar refractivity (Wildman–Crippen MR) is 69.7 cm³/mol. The topological polar surface area (TPSA) is 60.9 Å². The lowest BCUT2D eigenvalue weighted by molar-refractivity contribution is -0.139. The van der Waals surface area contributed by atoms with Crippen LogP contribution in [0.4, 0.5) is 0 Å². The van der Waals surface area contributed by atoms with Crippen molar-refractivity contribution >= 4 is 11.9 Å². The van der Waals surface area contributed by atoms with Crippen LogP contribution in [0.1, 0.15) is 32.1 Å². The summed E-state index contributed by atoms with van der Waals surface area (Å²) in [5, 5.41) is 8.67. The van der Waals surface area contributed by atoms with Crippen molar-refractivity contribution in [1.29, 1.82) is 0 Å². The molecular formula is C14H22N2O3. The van der Waals surface area contributed by atoms with E-state index in [2.05, 4.69) is 4.90 Å². The van der Waals surface area contributed by atoms with Crippen molar-refractivity contribution in [2.45, 2.75) is 32.1 Å². The van der Waals surface area contributed by atoms with E-state index in [9.17, 15) is 9.59 Å². The van der Waals surface area contributed by atoms with Gasteiger partial charge in [0.25, 0.3) is 0 Å². The first-order chi connectivity index (χ1) is 9.11. The molecule has 1 saturated heterocycles. The second-order valence-corrected chi connectivity index (χ2v) is 6.28. The summed E-state index contributed by atoms with van der Waals surface area (Å²) in [6.45, 7) is 3.78. The van der Waals surface area contributed by atoms with Crippen molar-refractivity contribution in [1.82, 2.24) is 9.80 Å². The van der Waals surface area contributed by atoms with Gasteiger partial charge in [0.15, 0.2) is 0 Å². The van der Waals surface area contributed by atoms with Crippen LogP contribution < -0.4 is 0 Å². The molecule has 5 heteroatoms. The molecule has 1 spiro atoms. The third-order valence-corrected chi connectivity index (χ3v) is 5.16. The Balaban J connectivity index is 1.43. The number of hydrogen-bond acceptors (Lipinski definition) is 3. The van der Waals surface area contributed by atoms with Gasteiger partial charge >= 0.3 is 5.97 Å². The van der Waals surface area contributed by atoms with Gasteiger partial charge in [-0.3, -0.25) is 14.5 Å². The van der Waals surface area contributed by atoms with E-state index in [0.29, 0.717) is 23.8 Å². The Bertz CT molecular complexity index is 384. The summed E-state index contributed by atoms with van der Waals surface area (Å²) in [6.07, 6.45) is 5.11. The zero-order valence-electron chi connectivity index (χ0n) is 11.3. The highest BCUT2D eigenvalue weighted by Crippen LogP contribution is 2.65. The number of amides is 1. The second kappa shape index (κ2) is 4.78. The number of nitrogens with zero attached hydrogens (tertiary/aromatic N) is 2. The van der Waals surface area contributed by atoms with Gasteiger partial charge in [-0.25, -0.2) is 0 Å². The first-order valence-corrected chi connectivity index (χ1v) is 7.34. The van der Waals surface area contributed by atoms with E-state index in [1.807, 2.05) is 4.90 Å². The lowest BCUT2D eigenvalue weighted by atomic mass is 9.79. The molecule has 1 aliphatic heterocycles. The Hall–Kier alpha value is -1.10. The van der Waals surface area contributed by atoms with Crippen molar-refractivity contribution in [3.63, 3.8) is 0 Å². The normalized spacial score (nSPS) is 29.1. The highest BCUT2D eigenvalue weighted by molar-refractivity contribution is 5.83. The summed E-state index contributed by atoms with van der Waals surface area (Å²) >= 11 is 0. The fourth-order valence-corrected chi connectivity index (χ4v) is 3.55. The minimum absolute atomic E-state index is 0.194. The molecule has 0 aromatic heterocycles. The van der Waals surface area contributed by atoms with Crippen molar-refractivity contribution in [3.05, 3.63) is 0 Å². The lowest BCUT2D eigenvalue weighted by Gasteiger charge is -2.36. The van der Waals surface area contributed by atoms with Crippen LogP contribution in [0.5, 0.6) is 0 Å². The van der Waals surface area contributed by atoms with Gasteiger partial charge in [-0.05, 0) is 24.7 Å². The summed E-state index contributed by atoms with van der Waals surface area (Å²) in [5.74, 6) is -0.0761. The highest BCUT2D eigenvalue weighted by atomic mass is 16.4. The molecule has 1 atom stereocenters. The van der Waals surface area contributed by atoms with Gasteiger partial charge in [0.2, 0.25) is 5.91 Å². The largest absolute Gasteiger partial charge is 0.481 e. The van der Waals surface area contributed by atoms with Gasteiger partial charge in [0, 0.05) is 38.6 Å². The molecule has 0 unspecified atom stereocenters. The molecular weight excluding hydrogens is 244 g/mol. The summed E-state index contributed by atoms with van der Waals surface area (Å²) in [7, 11) is 0. The van der Waals surface area contributed by atoms with Gasteiger partial charge in [0.05, 0.1) is 6.42 Å². The SMILES string of the molecule is O=C(O)CCN1CCN(C(=O)[C@H]2CC23CCC3)CC1. The van der Waals surface area contributed by atoms with Crippen LogP contribution in [0, 0.1) is 11.3 Å². The minimum Gasteiger partial charge on any atom is -0.481 e.